The lowest BCUT2D eigenvalue weighted by Crippen LogP contribution is -2.47. The molecule has 1 amide bonds. The van der Waals surface area contributed by atoms with Gasteiger partial charge in [-0.25, -0.2) is 9.97 Å². The van der Waals surface area contributed by atoms with Crippen LogP contribution in [0.25, 0.3) is 11.1 Å². The normalized spacial score (nSPS) is 17.7. The molecular weight excluding hydrogens is 694 g/mol. The number of esters is 1. The standard InChI is InChI=1S/C36H42F6N6O4/c1-34(2,3)52-32(49)11-13-46-14-16-47(17-15-46)31-21-43-28(20-44-31)33(50)45-25-8-9-26(23-7-10-29(51-4)27(19-23)35(37,38)39)24(18-25)22-48-12-5-6-30(48)36(40,41)42/h7-10,18-21,30H,5-6,11-17,22H2,1-4H3,(H,45,50)/t30-/m0/s1. The summed E-state index contributed by atoms with van der Waals surface area (Å²) < 4.78 is 93.4. The van der Waals surface area contributed by atoms with Crippen molar-refractivity contribution in [2.45, 2.75) is 70.6 Å². The second kappa shape index (κ2) is 15.7. The topological polar surface area (TPSA) is 100 Å². The Morgan fingerprint density at radius 2 is 1.65 bits per heavy atom. The summed E-state index contributed by atoms with van der Waals surface area (Å²) in [4.78, 5) is 39.4. The Labute approximate surface area is 298 Å². The molecule has 0 bridgehead atoms. The number of ether oxygens (including phenoxy) is 2. The molecule has 5 rings (SSSR count). The highest BCUT2D eigenvalue weighted by molar-refractivity contribution is 6.03. The van der Waals surface area contributed by atoms with Gasteiger partial charge in [0.25, 0.3) is 5.91 Å². The molecule has 2 saturated heterocycles. The maximum atomic E-state index is 13.9. The summed E-state index contributed by atoms with van der Waals surface area (Å²) in [7, 11) is 1.12. The molecule has 0 spiro atoms. The van der Waals surface area contributed by atoms with Crippen LogP contribution in [0.2, 0.25) is 0 Å². The Bertz CT molecular complexity index is 1720. The zero-order valence-electron chi connectivity index (χ0n) is 29.4. The third kappa shape index (κ3) is 9.91. The predicted octanol–water partition coefficient (Wildman–Crippen LogP) is 6.80. The molecule has 3 heterocycles. The number of amides is 1. The molecule has 1 N–H and O–H groups in total. The van der Waals surface area contributed by atoms with E-state index in [9.17, 15) is 35.9 Å². The smallest absolute Gasteiger partial charge is 0.419 e. The van der Waals surface area contributed by atoms with Crippen molar-refractivity contribution < 1.29 is 45.4 Å². The largest absolute Gasteiger partial charge is 0.496 e. The van der Waals surface area contributed by atoms with Crippen LogP contribution in [0.1, 0.15) is 61.6 Å². The first kappa shape index (κ1) is 38.8. The van der Waals surface area contributed by atoms with Crippen molar-refractivity contribution in [1.29, 1.82) is 0 Å². The van der Waals surface area contributed by atoms with E-state index >= 15 is 0 Å². The molecule has 16 heteroatoms. The van der Waals surface area contributed by atoms with Gasteiger partial charge in [0.2, 0.25) is 0 Å². The van der Waals surface area contributed by atoms with Gasteiger partial charge in [-0.1, -0.05) is 12.1 Å². The maximum absolute atomic E-state index is 13.9. The summed E-state index contributed by atoms with van der Waals surface area (Å²) in [5.41, 5.74) is -0.613. The van der Waals surface area contributed by atoms with E-state index in [1.54, 1.807) is 0 Å². The van der Waals surface area contributed by atoms with Crippen LogP contribution < -0.4 is 15.0 Å². The van der Waals surface area contributed by atoms with Crippen molar-refractivity contribution in [1.82, 2.24) is 19.8 Å². The van der Waals surface area contributed by atoms with Gasteiger partial charge in [-0.15, -0.1) is 0 Å². The molecule has 0 radical (unpaired) electrons. The first-order valence-corrected chi connectivity index (χ1v) is 16.9. The predicted molar refractivity (Wildman–Crippen MR) is 182 cm³/mol. The lowest BCUT2D eigenvalue weighted by atomic mass is 9.96. The number of alkyl halides is 6. The fourth-order valence-corrected chi connectivity index (χ4v) is 6.43. The third-order valence-corrected chi connectivity index (χ3v) is 8.91. The first-order chi connectivity index (χ1) is 24.4. The molecule has 0 aliphatic carbocycles. The van der Waals surface area contributed by atoms with Gasteiger partial charge in [-0.05, 0) is 81.1 Å². The number of piperazine rings is 1. The minimum Gasteiger partial charge on any atom is -0.496 e. The van der Waals surface area contributed by atoms with Crippen LogP contribution in [0, 0.1) is 0 Å². The quantitative estimate of drug-likeness (QED) is 0.178. The Morgan fingerprint density at radius 3 is 2.27 bits per heavy atom. The average Bonchev–Trinajstić information content (AvgIpc) is 3.55. The molecule has 1 atom stereocenters. The van der Waals surface area contributed by atoms with Crippen LogP contribution in [0.5, 0.6) is 5.75 Å². The van der Waals surface area contributed by atoms with Crippen molar-refractivity contribution in [3.8, 4) is 16.9 Å². The number of nitrogens with zero attached hydrogens (tertiary/aromatic N) is 5. The molecule has 10 nitrogen and oxygen atoms in total. The number of likely N-dealkylation sites (tertiary alicyclic amines) is 1. The van der Waals surface area contributed by atoms with Crippen LogP contribution in [0.4, 0.5) is 37.8 Å². The molecule has 2 aliphatic rings. The molecule has 2 fully saturated rings. The lowest BCUT2D eigenvalue weighted by molar-refractivity contribution is -0.177. The maximum Gasteiger partial charge on any atom is 0.419 e. The number of rotatable bonds is 10. The first-order valence-electron chi connectivity index (χ1n) is 16.9. The molecule has 1 aromatic heterocycles. The van der Waals surface area contributed by atoms with Gasteiger partial charge in [0.1, 0.15) is 28.9 Å². The summed E-state index contributed by atoms with van der Waals surface area (Å²) in [5, 5.41) is 2.70. The number of hydrogen-bond donors (Lipinski definition) is 1. The highest BCUT2D eigenvalue weighted by Gasteiger charge is 2.46. The third-order valence-electron chi connectivity index (χ3n) is 8.91. The second-order valence-corrected chi connectivity index (χ2v) is 13.8. The Balaban J connectivity index is 1.29. The number of methoxy groups -OCH3 is 1. The van der Waals surface area contributed by atoms with E-state index < -0.39 is 35.5 Å². The van der Waals surface area contributed by atoms with Crippen LogP contribution in [0.3, 0.4) is 0 Å². The number of carbonyl (C=O) groups excluding carboxylic acids is 2. The van der Waals surface area contributed by atoms with Gasteiger partial charge in [0.15, 0.2) is 0 Å². The van der Waals surface area contributed by atoms with Crippen LogP contribution in [0.15, 0.2) is 48.8 Å². The number of nitrogens with one attached hydrogen (secondary N) is 1. The van der Waals surface area contributed by atoms with Crippen LogP contribution in [-0.2, 0) is 22.3 Å². The summed E-state index contributed by atoms with van der Waals surface area (Å²) >= 11 is 0. The van der Waals surface area contributed by atoms with Crippen LogP contribution >= 0.6 is 0 Å². The number of halogens is 6. The molecule has 2 aliphatic heterocycles. The zero-order valence-corrected chi connectivity index (χ0v) is 29.4. The fraction of sp³-hybridized carbons (Fsp3) is 0.500. The van der Waals surface area contributed by atoms with Crippen molar-refractivity contribution >= 4 is 23.4 Å². The van der Waals surface area contributed by atoms with Crippen LogP contribution in [-0.4, -0.2) is 95.8 Å². The molecule has 0 saturated carbocycles. The van der Waals surface area contributed by atoms with E-state index in [4.69, 9.17) is 9.47 Å². The zero-order chi connectivity index (χ0) is 37.8. The highest BCUT2D eigenvalue weighted by Crippen LogP contribution is 2.41. The van der Waals surface area contributed by atoms with Crippen molar-refractivity contribution in [2.75, 3.05) is 56.6 Å². The highest BCUT2D eigenvalue weighted by atomic mass is 19.4. The number of benzene rings is 2. The molecule has 3 aromatic rings. The monoisotopic (exact) mass is 736 g/mol. The summed E-state index contributed by atoms with van der Waals surface area (Å²) in [6.45, 7) is 8.65. The van der Waals surface area contributed by atoms with Gasteiger partial charge in [-0.2, -0.15) is 26.3 Å². The number of hydrogen-bond acceptors (Lipinski definition) is 9. The minimum absolute atomic E-state index is 0.00738. The molecule has 2 aromatic carbocycles. The van der Waals surface area contributed by atoms with E-state index in [0.29, 0.717) is 50.5 Å². The van der Waals surface area contributed by atoms with E-state index in [0.717, 1.165) is 13.2 Å². The summed E-state index contributed by atoms with van der Waals surface area (Å²) in [6, 6.07) is 6.22. The molecule has 0 unspecified atom stereocenters. The summed E-state index contributed by atoms with van der Waals surface area (Å²) in [6.07, 6.45) is -5.90. The van der Waals surface area contributed by atoms with Crippen molar-refractivity contribution in [3.63, 3.8) is 0 Å². The van der Waals surface area contributed by atoms with E-state index in [2.05, 4.69) is 20.2 Å². The lowest BCUT2D eigenvalue weighted by Gasteiger charge is -2.35. The molecule has 282 valence electrons. The minimum atomic E-state index is -4.74. The van der Waals surface area contributed by atoms with E-state index in [1.165, 1.54) is 47.6 Å². The average molecular weight is 737 g/mol. The van der Waals surface area contributed by atoms with Gasteiger partial charge in [-0.3, -0.25) is 19.4 Å². The second-order valence-electron chi connectivity index (χ2n) is 13.8. The van der Waals surface area contributed by atoms with Gasteiger partial charge >= 0.3 is 18.3 Å². The fourth-order valence-electron chi connectivity index (χ4n) is 6.43. The van der Waals surface area contributed by atoms with Crippen molar-refractivity contribution in [3.05, 3.63) is 65.6 Å². The van der Waals surface area contributed by atoms with Gasteiger partial charge < -0.3 is 19.7 Å². The van der Waals surface area contributed by atoms with Crippen molar-refractivity contribution in [2.24, 2.45) is 0 Å². The summed E-state index contributed by atoms with van der Waals surface area (Å²) in [5.74, 6) is -0.691. The Morgan fingerprint density at radius 1 is 0.923 bits per heavy atom. The van der Waals surface area contributed by atoms with E-state index in [1.807, 2.05) is 25.7 Å². The SMILES string of the molecule is COc1ccc(-c2ccc(NC(=O)c3cnc(N4CCN(CCC(=O)OC(C)(C)C)CC4)cn3)cc2CN2CCC[C@H]2C(F)(F)F)cc1C(F)(F)F. The van der Waals surface area contributed by atoms with E-state index in [-0.39, 0.29) is 60.2 Å². The molecule has 52 heavy (non-hydrogen) atoms. The Kier molecular flexibility index (Phi) is 11.7. The van der Waals surface area contributed by atoms with Gasteiger partial charge in [0.05, 0.1) is 31.5 Å². The number of anilines is 2. The molecular formula is C36H42F6N6O4. The Hall–Kier alpha value is -4.44. The van der Waals surface area contributed by atoms with Gasteiger partial charge in [0, 0.05) is 45.0 Å². The number of aromatic nitrogens is 2. The number of carbonyl (C=O) groups is 2.